The Balaban J connectivity index is 1.95. The fraction of sp³-hybridized carbons (Fsp3) is 0.111. The Bertz CT molecular complexity index is 874. The summed E-state index contributed by atoms with van der Waals surface area (Å²) in [4.78, 5) is 16.6. The van der Waals surface area contributed by atoms with E-state index in [1.165, 1.54) is 6.08 Å². The van der Waals surface area contributed by atoms with Crippen molar-refractivity contribution in [3.63, 3.8) is 0 Å². The van der Waals surface area contributed by atoms with E-state index >= 15 is 0 Å². The van der Waals surface area contributed by atoms with Gasteiger partial charge in [-0.25, -0.2) is 4.98 Å². The van der Waals surface area contributed by atoms with Crippen LogP contribution in [0.1, 0.15) is 27.2 Å². The second-order valence-corrected chi connectivity index (χ2v) is 5.47. The summed E-state index contributed by atoms with van der Waals surface area (Å²) in [6.07, 6.45) is 4.78. The third-order valence-electron chi connectivity index (χ3n) is 3.52. The summed E-state index contributed by atoms with van der Waals surface area (Å²) in [5.74, 6) is 0.517. The van der Waals surface area contributed by atoms with E-state index in [0.717, 1.165) is 16.5 Å². The number of fused-ring (bicyclic) bond motifs is 1. The average molecular weight is 312 g/mol. The molecule has 22 heavy (non-hydrogen) atoms. The molecule has 0 aliphatic rings. The first kappa shape index (κ1) is 14.5. The Kier molecular flexibility index (Phi) is 3.82. The Labute approximate surface area is 133 Å². The van der Waals surface area contributed by atoms with Crippen LogP contribution < -0.4 is 0 Å². The maximum Gasteiger partial charge on any atom is 0.189 e. The van der Waals surface area contributed by atoms with Crippen molar-refractivity contribution in [2.45, 2.75) is 13.8 Å². The minimum Gasteiger partial charge on any atom is -0.469 e. The van der Waals surface area contributed by atoms with E-state index in [1.54, 1.807) is 19.3 Å². The van der Waals surface area contributed by atoms with E-state index in [-0.39, 0.29) is 5.78 Å². The molecule has 2 heterocycles. The number of nitrogens with zero attached hydrogens (tertiary/aromatic N) is 1. The average Bonchev–Trinajstić information content (AvgIpc) is 2.84. The largest absolute Gasteiger partial charge is 0.469 e. The number of carbonyl (C=O) groups excluding carboxylic acids is 1. The van der Waals surface area contributed by atoms with E-state index < -0.39 is 0 Å². The standard InChI is InChI=1S/C18H14ClNO2/c1-11-10-22-12(2)17(11)16(21)8-7-14-9-13-5-3-4-6-15(13)20-18(14)19/h3-10H,1-2H3/b8-7+. The summed E-state index contributed by atoms with van der Waals surface area (Å²) in [6.45, 7) is 3.63. The zero-order valence-corrected chi connectivity index (χ0v) is 13.0. The van der Waals surface area contributed by atoms with E-state index in [2.05, 4.69) is 4.98 Å². The van der Waals surface area contributed by atoms with Crippen molar-refractivity contribution in [1.29, 1.82) is 0 Å². The number of aryl methyl sites for hydroxylation is 2. The minimum atomic E-state index is -0.104. The summed E-state index contributed by atoms with van der Waals surface area (Å²) < 4.78 is 5.26. The number of hydrogen-bond donors (Lipinski definition) is 0. The summed E-state index contributed by atoms with van der Waals surface area (Å²) in [6, 6.07) is 9.63. The van der Waals surface area contributed by atoms with Crippen LogP contribution in [0.3, 0.4) is 0 Å². The topological polar surface area (TPSA) is 43.1 Å². The van der Waals surface area contributed by atoms with Crippen molar-refractivity contribution in [3.8, 4) is 0 Å². The fourth-order valence-corrected chi connectivity index (χ4v) is 2.62. The van der Waals surface area contributed by atoms with E-state index in [0.29, 0.717) is 22.0 Å². The molecule has 0 atom stereocenters. The lowest BCUT2D eigenvalue weighted by molar-refractivity contribution is 0.104. The number of rotatable bonds is 3. The zero-order valence-electron chi connectivity index (χ0n) is 12.3. The monoisotopic (exact) mass is 311 g/mol. The number of aromatic nitrogens is 1. The Morgan fingerprint density at radius 2 is 2.05 bits per heavy atom. The molecule has 0 spiro atoms. The molecule has 0 amide bonds. The molecule has 0 fully saturated rings. The van der Waals surface area contributed by atoms with Gasteiger partial charge in [-0.3, -0.25) is 4.79 Å². The van der Waals surface area contributed by atoms with Gasteiger partial charge in [0.25, 0.3) is 0 Å². The van der Waals surface area contributed by atoms with E-state index in [9.17, 15) is 4.79 Å². The molecule has 2 aromatic heterocycles. The third kappa shape index (κ3) is 2.68. The van der Waals surface area contributed by atoms with Gasteiger partial charge >= 0.3 is 0 Å². The molecule has 0 N–H and O–H groups in total. The molecule has 0 saturated carbocycles. The van der Waals surface area contributed by atoms with Crippen LogP contribution in [0.15, 0.2) is 47.1 Å². The first-order valence-corrected chi connectivity index (χ1v) is 7.26. The normalized spacial score (nSPS) is 11.4. The molecule has 0 aliphatic heterocycles. The number of halogens is 1. The van der Waals surface area contributed by atoms with Crippen molar-refractivity contribution in [2.75, 3.05) is 0 Å². The zero-order chi connectivity index (χ0) is 15.7. The Morgan fingerprint density at radius 1 is 1.27 bits per heavy atom. The van der Waals surface area contributed by atoms with Gasteiger partial charge in [0.05, 0.1) is 17.3 Å². The Hall–Kier alpha value is -2.39. The lowest BCUT2D eigenvalue weighted by atomic mass is 10.1. The van der Waals surface area contributed by atoms with E-state index in [4.69, 9.17) is 16.0 Å². The summed E-state index contributed by atoms with van der Waals surface area (Å²) in [5, 5.41) is 1.36. The van der Waals surface area contributed by atoms with Gasteiger partial charge in [0.1, 0.15) is 10.9 Å². The van der Waals surface area contributed by atoms with Crippen molar-refractivity contribution in [2.24, 2.45) is 0 Å². The number of hydrogen-bond acceptors (Lipinski definition) is 3. The number of pyridine rings is 1. The van der Waals surface area contributed by atoms with Gasteiger partial charge in [-0.1, -0.05) is 29.8 Å². The molecule has 4 heteroatoms. The molecule has 3 aromatic rings. The number of ketones is 1. The van der Waals surface area contributed by atoms with Crippen LogP contribution in [-0.4, -0.2) is 10.8 Å². The highest BCUT2D eigenvalue weighted by Crippen LogP contribution is 2.22. The molecule has 0 saturated heterocycles. The molecule has 3 nitrogen and oxygen atoms in total. The van der Waals surface area contributed by atoms with Gasteiger partial charge in [-0.2, -0.15) is 0 Å². The first-order valence-electron chi connectivity index (χ1n) is 6.88. The molecule has 0 bridgehead atoms. The van der Waals surface area contributed by atoms with Gasteiger partial charge in [0, 0.05) is 10.9 Å². The Morgan fingerprint density at radius 3 is 2.77 bits per heavy atom. The number of carbonyl (C=O) groups is 1. The summed E-state index contributed by atoms with van der Waals surface area (Å²) in [7, 11) is 0. The minimum absolute atomic E-state index is 0.104. The van der Waals surface area contributed by atoms with Crippen LogP contribution in [0.4, 0.5) is 0 Å². The van der Waals surface area contributed by atoms with Crippen molar-refractivity contribution in [1.82, 2.24) is 4.98 Å². The molecule has 0 radical (unpaired) electrons. The summed E-state index contributed by atoms with van der Waals surface area (Å²) >= 11 is 6.18. The molecule has 0 unspecified atom stereocenters. The smallest absolute Gasteiger partial charge is 0.189 e. The summed E-state index contributed by atoms with van der Waals surface area (Å²) in [5.41, 5.74) is 2.97. The van der Waals surface area contributed by atoms with Crippen LogP contribution in [0, 0.1) is 13.8 Å². The number of benzene rings is 1. The molecule has 3 rings (SSSR count). The van der Waals surface area contributed by atoms with Crippen LogP contribution in [0.5, 0.6) is 0 Å². The van der Waals surface area contributed by atoms with Gasteiger partial charge in [0.2, 0.25) is 0 Å². The maximum atomic E-state index is 12.3. The predicted octanol–water partition coefficient (Wildman–Crippen LogP) is 4.99. The highest BCUT2D eigenvalue weighted by atomic mass is 35.5. The lowest BCUT2D eigenvalue weighted by Crippen LogP contribution is -1.97. The van der Waals surface area contributed by atoms with Gasteiger partial charge in [-0.15, -0.1) is 0 Å². The number of allylic oxidation sites excluding steroid dienone is 1. The second kappa shape index (κ2) is 5.78. The van der Waals surface area contributed by atoms with Crippen LogP contribution in [-0.2, 0) is 0 Å². The first-order chi connectivity index (χ1) is 10.6. The molecule has 0 aliphatic carbocycles. The van der Waals surface area contributed by atoms with Crippen molar-refractivity contribution >= 4 is 34.4 Å². The molecular formula is C18H14ClNO2. The van der Waals surface area contributed by atoms with E-state index in [1.807, 2.05) is 37.3 Å². The van der Waals surface area contributed by atoms with Gasteiger partial charge in [0.15, 0.2) is 5.78 Å². The van der Waals surface area contributed by atoms with Crippen molar-refractivity contribution < 1.29 is 9.21 Å². The quantitative estimate of drug-likeness (QED) is 0.388. The SMILES string of the molecule is Cc1coc(C)c1C(=O)/C=C/c1cc2ccccc2nc1Cl. The van der Waals surface area contributed by atoms with Crippen LogP contribution >= 0.6 is 11.6 Å². The van der Waals surface area contributed by atoms with Crippen LogP contribution in [0.25, 0.3) is 17.0 Å². The lowest BCUT2D eigenvalue weighted by Gasteiger charge is -2.02. The molecular weight excluding hydrogens is 298 g/mol. The highest BCUT2D eigenvalue weighted by Gasteiger charge is 2.13. The fourth-order valence-electron chi connectivity index (χ4n) is 2.41. The number of furan rings is 1. The third-order valence-corrected chi connectivity index (χ3v) is 3.83. The van der Waals surface area contributed by atoms with Crippen LogP contribution in [0.2, 0.25) is 5.15 Å². The molecule has 1 aromatic carbocycles. The van der Waals surface area contributed by atoms with Gasteiger partial charge in [-0.05, 0) is 43.7 Å². The number of para-hydroxylation sites is 1. The predicted molar refractivity (Wildman–Crippen MR) is 88.3 cm³/mol. The molecule has 110 valence electrons. The highest BCUT2D eigenvalue weighted by molar-refractivity contribution is 6.31. The van der Waals surface area contributed by atoms with Crippen molar-refractivity contribution in [3.05, 3.63) is 70.3 Å². The second-order valence-electron chi connectivity index (χ2n) is 5.11. The maximum absolute atomic E-state index is 12.3. The van der Waals surface area contributed by atoms with Gasteiger partial charge < -0.3 is 4.42 Å².